The van der Waals surface area contributed by atoms with Crippen LogP contribution in [0.5, 0.6) is 0 Å². The van der Waals surface area contributed by atoms with Crippen molar-refractivity contribution in [3.8, 4) is 5.69 Å². The highest BCUT2D eigenvalue weighted by Crippen LogP contribution is 2.31. The molecule has 43 heavy (non-hydrogen) atoms. The van der Waals surface area contributed by atoms with Gasteiger partial charge in [-0.05, 0) is 53.8 Å². The second-order valence-electron chi connectivity index (χ2n) is 9.99. The van der Waals surface area contributed by atoms with Crippen LogP contribution >= 0.6 is 11.8 Å². The van der Waals surface area contributed by atoms with Crippen molar-refractivity contribution in [3.05, 3.63) is 148 Å². The van der Waals surface area contributed by atoms with Gasteiger partial charge in [-0.1, -0.05) is 91.5 Å². The van der Waals surface area contributed by atoms with Gasteiger partial charge in [-0.2, -0.15) is 0 Å². The Hall–Kier alpha value is -4.83. The SMILES string of the molecule is CCC(C(=O)NC(Cc1ccccc1)c1nnc(SCc2ccc(F)cc2)n1-c1ccc([N+](=O)[O-])cc1)c1ccccc1. The number of nitrogens with zero attached hydrogens (tertiary/aromatic N) is 4. The zero-order chi connectivity index (χ0) is 30.2. The molecule has 4 aromatic carbocycles. The first-order valence-electron chi connectivity index (χ1n) is 13.9. The van der Waals surface area contributed by atoms with Crippen LogP contribution in [0.1, 0.15) is 47.8 Å². The summed E-state index contributed by atoms with van der Waals surface area (Å²) >= 11 is 1.40. The lowest BCUT2D eigenvalue weighted by Gasteiger charge is -2.23. The quantitative estimate of drug-likeness (QED) is 0.0930. The predicted octanol–water partition coefficient (Wildman–Crippen LogP) is 7.20. The van der Waals surface area contributed by atoms with E-state index in [1.54, 1.807) is 24.3 Å². The van der Waals surface area contributed by atoms with E-state index in [9.17, 15) is 19.3 Å². The fourth-order valence-electron chi connectivity index (χ4n) is 4.88. The number of thioether (sulfide) groups is 1. The van der Waals surface area contributed by atoms with E-state index in [-0.39, 0.29) is 23.3 Å². The second-order valence-corrected chi connectivity index (χ2v) is 10.9. The molecule has 1 amide bonds. The summed E-state index contributed by atoms with van der Waals surface area (Å²) in [6.45, 7) is 1.98. The van der Waals surface area contributed by atoms with Crippen LogP contribution in [0.15, 0.2) is 114 Å². The molecule has 0 bridgehead atoms. The summed E-state index contributed by atoms with van der Waals surface area (Å²) in [4.78, 5) is 24.7. The van der Waals surface area contributed by atoms with Crippen molar-refractivity contribution in [1.82, 2.24) is 20.1 Å². The number of nitro benzene ring substituents is 1. The third-order valence-electron chi connectivity index (χ3n) is 7.10. The van der Waals surface area contributed by atoms with Crippen LogP contribution < -0.4 is 5.32 Å². The average Bonchev–Trinajstić information content (AvgIpc) is 3.46. The molecule has 218 valence electrons. The number of carbonyl (C=O) groups excluding carboxylic acids is 1. The summed E-state index contributed by atoms with van der Waals surface area (Å²) in [5.74, 6) is 0.185. The molecule has 10 heteroatoms. The topological polar surface area (TPSA) is 103 Å². The van der Waals surface area contributed by atoms with Gasteiger partial charge in [-0.25, -0.2) is 4.39 Å². The van der Waals surface area contributed by atoms with Crippen LogP contribution in [0.4, 0.5) is 10.1 Å². The van der Waals surface area contributed by atoms with Gasteiger partial charge in [0, 0.05) is 23.6 Å². The van der Waals surface area contributed by atoms with Gasteiger partial charge in [0.25, 0.3) is 5.69 Å². The summed E-state index contributed by atoms with van der Waals surface area (Å²) in [6, 6.07) is 31.3. The molecule has 5 rings (SSSR count). The summed E-state index contributed by atoms with van der Waals surface area (Å²) in [5, 5.41) is 24.2. The zero-order valence-electron chi connectivity index (χ0n) is 23.5. The minimum absolute atomic E-state index is 0.0401. The molecule has 0 aliphatic rings. The molecule has 0 radical (unpaired) electrons. The zero-order valence-corrected chi connectivity index (χ0v) is 24.3. The van der Waals surface area contributed by atoms with Gasteiger partial charge in [-0.3, -0.25) is 19.5 Å². The molecule has 0 saturated heterocycles. The largest absolute Gasteiger partial charge is 0.345 e. The molecule has 0 saturated carbocycles. The van der Waals surface area contributed by atoms with Crippen molar-refractivity contribution in [2.45, 2.75) is 42.6 Å². The van der Waals surface area contributed by atoms with Crippen LogP contribution in [-0.4, -0.2) is 25.6 Å². The summed E-state index contributed by atoms with van der Waals surface area (Å²) in [7, 11) is 0. The number of hydrogen-bond donors (Lipinski definition) is 1. The Balaban J connectivity index is 1.54. The van der Waals surface area contributed by atoms with Crippen LogP contribution in [0.25, 0.3) is 5.69 Å². The molecule has 1 N–H and O–H groups in total. The first-order chi connectivity index (χ1) is 20.9. The number of non-ortho nitro benzene ring substituents is 1. The maximum atomic E-state index is 13.8. The monoisotopic (exact) mass is 595 g/mol. The van der Waals surface area contributed by atoms with Gasteiger partial charge in [0.15, 0.2) is 11.0 Å². The van der Waals surface area contributed by atoms with Crippen LogP contribution in [0, 0.1) is 15.9 Å². The number of nitro groups is 1. The fourth-order valence-corrected chi connectivity index (χ4v) is 5.80. The van der Waals surface area contributed by atoms with E-state index < -0.39 is 11.0 Å². The van der Waals surface area contributed by atoms with Crippen molar-refractivity contribution < 1.29 is 14.1 Å². The first kappa shape index (κ1) is 29.7. The van der Waals surface area contributed by atoms with E-state index in [0.29, 0.717) is 35.3 Å². The van der Waals surface area contributed by atoms with Gasteiger partial charge in [0.05, 0.1) is 16.9 Å². The second kappa shape index (κ2) is 13.9. The van der Waals surface area contributed by atoms with Crippen molar-refractivity contribution in [3.63, 3.8) is 0 Å². The predicted molar refractivity (Wildman–Crippen MR) is 164 cm³/mol. The van der Waals surface area contributed by atoms with Crippen LogP contribution in [-0.2, 0) is 17.0 Å². The van der Waals surface area contributed by atoms with E-state index in [4.69, 9.17) is 0 Å². The molecule has 2 unspecified atom stereocenters. The number of halogens is 1. The number of hydrogen-bond acceptors (Lipinski definition) is 6. The van der Waals surface area contributed by atoms with Crippen molar-refractivity contribution in [2.24, 2.45) is 0 Å². The lowest BCUT2D eigenvalue weighted by molar-refractivity contribution is -0.384. The van der Waals surface area contributed by atoms with E-state index in [1.165, 1.54) is 36.0 Å². The Morgan fingerprint density at radius 2 is 1.56 bits per heavy atom. The smallest absolute Gasteiger partial charge is 0.269 e. The molecule has 5 aromatic rings. The molecule has 0 aliphatic carbocycles. The third kappa shape index (κ3) is 7.34. The number of rotatable bonds is 12. The van der Waals surface area contributed by atoms with Crippen LogP contribution in [0.2, 0.25) is 0 Å². The highest BCUT2D eigenvalue weighted by Gasteiger charge is 2.28. The average molecular weight is 596 g/mol. The Kier molecular flexibility index (Phi) is 9.58. The van der Waals surface area contributed by atoms with Gasteiger partial charge in [-0.15, -0.1) is 10.2 Å². The lowest BCUT2D eigenvalue weighted by Crippen LogP contribution is -2.35. The number of carbonyl (C=O) groups is 1. The highest BCUT2D eigenvalue weighted by molar-refractivity contribution is 7.98. The number of nitrogens with one attached hydrogen (secondary N) is 1. The molecule has 2 atom stereocenters. The molecule has 1 heterocycles. The maximum absolute atomic E-state index is 13.8. The van der Waals surface area contributed by atoms with Gasteiger partial charge < -0.3 is 5.32 Å². The molecular formula is C33H30FN5O3S. The molecule has 0 aliphatic heterocycles. The molecule has 0 spiro atoms. The van der Waals surface area contributed by atoms with Crippen molar-refractivity contribution >= 4 is 23.4 Å². The summed E-state index contributed by atoms with van der Waals surface area (Å²) < 4.78 is 15.3. The van der Waals surface area contributed by atoms with E-state index >= 15 is 0 Å². The molecular weight excluding hydrogens is 565 g/mol. The summed E-state index contributed by atoms with van der Waals surface area (Å²) in [6.07, 6.45) is 1.06. The highest BCUT2D eigenvalue weighted by atomic mass is 32.2. The summed E-state index contributed by atoms with van der Waals surface area (Å²) in [5.41, 5.74) is 3.40. The Bertz CT molecular complexity index is 1660. The van der Waals surface area contributed by atoms with E-state index in [2.05, 4.69) is 15.5 Å². The lowest BCUT2D eigenvalue weighted by atomic mass is 9.94. The standard InChI is InChI=1S/C33H30FN5O3S/c1-2-29(25-11-7-4-8-12-25)32(40)35-30(21-23-9-5-3-6-10-23)31-36-37-33(43-22-24-13-15-26(34)16-14-24)38(31)27-17-19-28(20-18-27)39(41)42/h3-20,29-30H,2,21-22H2,1H3,(H,35,40). The van der Waals surface area contributed by atoms with E-state index in [0.717, 1.165) is 16.7 Å². The van der Waals surface area contributed by atoms with Gasteiger partial charge >= 0.3 is 0 Å². The first-order valence-corrected chi connectivity index (χ1v) is 14.9. The Labute approximate surface area is 253 Å². The number of aromatic nitrogens is 3. The number of benzene rings is 4. The Morgan fingerprint density at radius 3 is 2.19 bits per heavy atom. The maximum Gasteiger partial charge on any atom is 0.269 e. The van der Waals surface area contributed by atoms with Crippen molar-refractivity contribution in [1.29, 1.82) is 0 Å². The molecule has 0 fully saturated rings. The Morgan fingerprint density at radius 1 is 0.907 bits per heavy atom. The van der Waals surface area contributed by atoms with Crippen molar-refractivity contribution in [2.75, 3.05) is 0 Å². The molecule has 1 aromatic heterocycles. The molecule has 8 nitrogen and oxygen atoms in total. The minimum atomic E-state index is -0.560. The van der Waals surface area contributed by atoms with Crippen LogP contribution in [0.3, 0.4) is 0 Å². The third-order valence-corrected chi connectivity index (χ3v) is 8.10. The minimum Gasteiger partial charge on any atom is -0.345 e. The van der Waals surface area contributed by atoms with Gasteiger partial charge in [0.2, 0.25) is 5.91 Å². The van der Waals surface area contributed by atoms with Gasteiger partial charge in [0.1, 0.15) is 5.82 Å². The normalized spacial score (nSPS) is 12.4. The van der Waals surface area contributed by atoms with E-state index in [1.807, 2.05) is 72.2 Å². The number of amides is 1. The fraction of sp³-hybridized carbons (Fsp3) is 0.182.